The van der Waals surface area contributed by atoms with E-state index in [0.29, 0.717) is 0 Å². The lowest BCUT2D eigenvalue weighted by Crippen LogP contribution is -2.17. The van der Waals surface area contributed by atoms with Gasteiger partial charge in [-0.15, -0.1) is 0 Å². The number of hydrogen-bond acceptors (Lipinski definition) is 5. The Labute approximate surface area is 118 Å². The topological polar surface area (TPSA) is 47.5 Å². The second kappa shape index (κ2) is 5.00. The largest absolute Gasteiger partial charge is 0.497 e. The van der Waals surface area contributed by atoms with Gasteiger partial charge in [0, 0.05) is 13.1 Å². The summed E-state index contributed by atoms with van der Waals surface area (Å²) in [4.78, 5) is 10.7. The predicted octanol–water partition coefficient (Wildman–Crippen LogP) is 2.32. The van der Waals surface area contributed by atoms with Gasteiger partial charge in [0.2, 0.25) is 0 Å². The van der Waals surface area contributed by atoms with Crippen LogP contribution in [0.4, 0.5) is 5.82 Å². The summed E-state index contributed by atoms with van der Waals surface area (Å²) in [6.07, 6.45) is 1.58. The van der Waals surface area contributed by atoms with E-state index in [-0.39, 0.29) is 0 Å². The van der Waals surface area contributed by atoms with Crippen molar-refractivity contribution < 1.29 is 9.47 Å². The van der Waals surface area contributed by atoms with Crippen molar-refractivity contribution in [1.29, 1.82) is 0 Å². The Bertz CT molecular complexity index is 643. The fourth-order valence-electron chi connectivity index (χ4n) is 2.56. The van der Waals surface area contributed by atoms with Gasteiger partial charge in [0.05, 0.1) is 19.9 Å². The molecule has 2 aromatic rings. The lowest BCUT2D eigenvalue weighted by Gasteiger charge is -2.19. The molecule has 0 unspecified atom stereocenters. The molecule has 0 aliphatic carbocycles. The van der Waals surface area contributed by atoms with Gasteiger partial charge >= 0.3 is 0 Å². The molecule has 2 heterocycles. The van der Waals surface area contributed by atoms with E-state index in [9.17, 15) is 0 Å². The zero-order chi connectivity index (χ0) is 14.1. The minimum absolute atomic E-state index is 0.743. The highest BCUT2D eigenvalue weighted by atomic mass is 16.5. The Morgan fingerprint density at radius 1 is 1.05 bits per heavy atom. The van der Waals surface area contributed by atoms with Gasteiger partial charge in [-0.1, -0.05) is 6.07 Å². The molecule has 104 valence electrons. The number of rotatable bonds is 3. The van der Waals surface area contributed by atoms with Crippen LogP contribution in [-0.4, -0.2) is 24.2 Å². The molecule has 0 radical (unpaired) electrons. The van der Waals surface area contributed by atoms with E-state index >= 15 is 0 Å². The van der Waals surface area contributed by atoms with Crippen molar-refractivity contribution in [3.63, 3.8) is 0 Å². The molecule has 0 bridgehead atoms. The molecule has 0 spiro atoms. The van der Waals surface area contributed by atoms with Crippen molar-refractivity contribution in [2.45, 2.75) is 20.0 Å². The molecule has 1 aromatic carbocycles. The van der Waals surface area contributed by atoms with E-state index in [1.165, 1.54) is 11.1 Å². The predicted molar refractivity (Wildman–Crippen MR) is 76.2 cm³/mol. The Kier molecular flexibility index (Phi) is 3.18. The Hall–Kier alpha value is -2.30. The van der Waals surface area contributed by atoms with E-state index in [1.54, 1.807) is 20.5 Å². The number of anilines is 1. The quantitative estimate of drug-likeness (QED) is 0.857. The number of aromatic nitrogens is 2. The number of aryl methyl sites for hydroxylation is 1. The zero-order valence-corrected chi connectivity index (χ0v) is 11.9. The van der Waals surface area contributed by atoms with Crippen LogP contribution in [0.3, 0.4) is 0 Å². The second-order valence-corrected chi connectivity index (χ2v) is 4.81. The molecule has 0 amide bonds. The maximum atomic E-state index is 5.44. The number of methoxy groups -OCH3 is 2. The maximum absolute atomic E-state index is 5.44. The van der Waals surface area contributed by atoms with Crippen molar-refractivity contribution in [1.82, 2.24) is 9.97 Å². The molecule has 0 saturated carbocycles. The smallest absolute Gasteiger partial charge is 0.182 e. The van der Waals surface area contributed by atoms with Crippen molar-refractivity contribution in [3.8, 4) is 11.5 Å². The number of ether oxygens (including phenoxy) is 2. The van der Waals surface area contributed by atoms with Gasteiger partial charge in [-0.25, -0.2) is 9.97 Å². The fourth-order valence-corrected chi connectivity index (χ4v) is 2.56. The van der Waals surface area contributed by atoms with Crippen LogP contribution in [0.2, 0.25) is 0 Å². The first-order valence-electron chi connectivity index (χ1n) is 6.49. The van der Waals surface area contributed by atoms with Gasteiger partial charge in [-0.3, -0.25) is 0 Å². The van der Waals surface area contributed by atoms with Crippen molar-refractivity contribution in [2.24, 2.45) is 0 Å². The number of fused-ring (bicyclic) bond motifs is 1. The first kappa shape index (κ1) is 12.7. The van der Waals surface area contributed by atoms with Crippen LogP contribution >= 0.6 is 0 Å². The molecule has 0 N–H and O–H groups in total. The maximum Gasteiger partial charge on any atom is 0.182 e. The Balaban J connectivity index is 1.94. The van der Waals surface area contributed by atoms with E-state index in [0.717, 1.165) is 36.1 Å². The summed E-state index contributed by atoms with van der Waals surface area (Å²) in [5, 5.41) is 0. The van der Waals surface area contributed by atoms with Crippen molar-refractivity contribution in [3.05, 3.63) is 41.3 Å². The monoisotopic (exact) mass is 271 g/mol. The molecule has 3 rings (SSSR count). The highest BCUT2D eigenvalue weighted by Crippen LogP contribution is 2.35. The van der Waals surface area contributed by atoms with E-state index < -0.39 is 0 Å². The van der Waals surface area contributed by atoms with Crippen LogP contribution in [0.1, 0.15) is 16.8 Å². The van der Waals surface area contributed by atoms with Crippen LogP contribution in [0, 0.1) is 6.92 Å². The van der Waals surface area contributed by atoms with Gasteiger partial charge < -0.3 is 14.4 Å². The lowest BCUT2D eigenvalue weighted by atomic mass is 10.1. The number of hydrogen-bond donors (Lipinski definition) is 0. The first-order valence-corrected chi connectivity index (χ1v) is 6.49. The van der Waals surface area contributed by atoms with E-state index in [2.05, 4.69) is 27.0 Å². The summed E-state index contributed by atoms with van der Waals surface area (Å²) in [5.41, 5.74) is 3.41. The van der Waals surface area contributed by atoms with Crippen LogP contribution in [-0.2, 0) is 13.1 Å². The minimum Gasteiger partial charge on any atom is -0.497 e. The van der Waals surface area contributed by atoms with Gasteiger partial charge in [-0.05, 0) is 30.2 Å². The van der Waals surface area contributed by atoms with Crippen molar-refractivity contribution in [2.75, 3.05) is 19.1 Å². The molecule has 1 aromatic heterocycles. The molecule has 5 nitrogen and oxygen atoms in total. The summed E-state index contributed by atoms with van der Waals surface area (Å²) in [6.45, 7) is 3.56. The van der Waals surface area contributed by atoms with Crippen molar-refractivity contribution >= 4 is 5.82 Å². The highest BCUT2D eigenvalue weighted by Gasteiger charge is 2.24. The summed E-state index contributed by atoms with van der Waals surface area (Å²) < 4.78 is 10.7. The SMILES string of the molecule is COc1ccc2c(c1)CN(c1ncnc(C)c1OC)C2. The highest BCUT2D eigenvalue weighted by molar-refractivity contribution is 5.57. The van der Waals surface area contributed by atoms with E-state index in [4.69, 9.17) is 9.47 Å². The van der Waals surface area contributed by atoms with E-state index in [1.807, 2.05) is 13.0 Å². The Morgan fingerprint density at radius 2 is 1.85 bits per heavy atom. The standard InChI is InChI=1S/C15H17N3O2/c1-10-14(20-3)15(17-9-16-10)18-7-11-4-5-13(19-2)6-12(11)8-18/h4-6,9H,7-8H2,1-3H3. The third-order valence-electron chi connectivity index (χ3n) is 3.60. The lowest BCUT2D eigenvalue weighted by molar-refractivity contribution is 0.406. The molecule has 1 aliphatic rings. The third kappa shape index (κ3) is 2.05. The van der Waals surface area contributed by atoms with Crippen LogP contribution in [0.5, 0.6) is 11.5 Å². The van der Waals surface area contributed by atoms with Gasteiger partial charge in [0.25, 0.3) is 0 Å². The molecular weight excluding hydrogens is 254 g/mol. The molecule has 5 heteroatoms. The van der Waals surface area contributed by atoms with Crippen LogP contribution in [0.15, 0.2) is 24.5 Å². The minimum atomic E-state index is 0.743. The molecule has 0 atom stereocenters. The second-order valence-electron chi connectivity index (χ2n) is 4.81. The van der Waals surface area contributed by atoms with Gasteiger partial charge in [0.1, 0.15) is 12.1 Å². The Morgan fingerprint density at radius 3 is 2.60 bits per heavy atom. The molecular formula is C15H17N3O2. The summed E-state index contributed by atoms with van der Waals surface area (Å²) in [7, 11) is 3.34. The van der Waals surface area contributed by atoms with Crippen LogP contribution < -0.4 is 14.4 Å². The average Bonchev–Trinajstić information content (AvgIpc) is 2.89. The third-order valence-corrected chi connectivity index (χ3v) is 3.60. The molecule has 20 heavy (non-hydrogen) atoms. The van der Waals surface area contributed by atoms with Crippen LogP contribution in [0.25, 0.3) is 0 Å². The average molecular weight is 271 g/mol. The summed E-state index contributed by atoms with van der Waals surface area (Å²) in [6, 6.07) is 6.18. The van der Waals surface area contributed by atoms with Gasteiger partial charge in [0.15, 0.2) is 11.6 Å². The summed E-state index contributed by atoms with van der Waals surface area (Å²) in [5.74, 6) is 2.47. The van der Waals surface area contributed by atoms with Gasteiger partial charge in [-0.2, -0.15) is 0 Å². The zero-order valence-electron chi connectivity index (χ0n) is 11.9. The molecule has 0 fully saturated rings. The first-order chi connectivity index (χ1) is 9.72. The molecule has 1 aliphatic heterocycles. The summed E-state index contributed by atoms with van der Waals surface area (Å²) >= 11 is 0. The fraction of sp³-hybridized carbons (Fsp3) is 0.333. The number of nitrogens with zero attached hydrogens (tertiary/aromatic N) is 3. The normalized spacial score (nSPS) is 13.2. The molecule has 0 saturated heterocycles. The number of benzene rings is 1.